The lowest BCUT2D eigenvalue weighted by Crippen LogP contribution is -2.65. The standard InChI is InChI=1S/C76H143NO13/c1-3-5-7-9-11-13-15-17-19-21-23-25-27-28-29-30-31-32-33-34-35-36-38-40-42-44-46-48-50-52-54-56-58-60-68(81)77-64(63-87-75-73(86)71(84)74(67(62-79)89-75)90-76-72(85)70(83)69(82)66(61-78)88-76)65(80)59-57-55-53-51-49-47-45-43-41-39-37-26-24-22-20-18-16-14-12-10-8-6-4-2/h41,43,49,51,57,59,64-67,69-76,78-80,82-86H,3-40,42,44-48,50,52-56,58,60-63H2,1-2H3,(H,77,81)/b43-41+,51-49+,59-57+. The lowest BCUT2D eigenvalue weighted by atomic mass is 9.97. The Morgan fingerprint density at radius 1 is 0.389 bits per heavy atom. The van der Waals surface area contributed by atoms with Crippen molar-refractivity contribution in [3.05, 3.63) is 36.5 Å². The molecule has 9 N–H and O–H groups in total. The molecular weight excluding hydrogens is 1130 g/mol. The van der Waals surface area contributed by atoms with Gasteiger partial charge in [0.05, 0.1) is 32.0 Å². The summed E-state index contributed by atoms with van der Waals surface area (Å²) < 4.78 is 22.9. The molecule has 0 aromatic heterocycles. The first-order chi connectivity index (χ1) is 44.1. The number of hydrogen-bond donors (Lipinski definition) is 9. The molecule has 90 heavy (non-hydrogen) atoms. The topological polar surface area (TPSA) is 228 Å². The van der Waals surface area contributed by atoms with Crippen molar-refractivity contribution in [2.24, 2.45) is 0 Å². The fraction of sp³-hybridized carbons (Fsp3) is 0.908. The Kier molecular flexibility index (Phi) is 57.0. The number of carbonyl (C=O) groups excluding carboxylic acids is 1. The zero-order valence-corrected chi connectivity index (χ0v) is 57.9. The van der Waals surface area contributed by atoms with Crippen LogP contribution in [0, 0.1) is 0 Å². The molecule has 0 saturated carbocycles. The summed E-state index contributed by atoms with van der Waals surface area (Å²) in [6, 6.07) is -0.937. The summed E-state index contributed by atoms with van der Waals surface area (Å²) in [5.41, 5.74) is 0. The summed E-state index contributed by atoms with van der Waals surface area (Å²) in [6.07, 6.45) is 62.3. The van der Waals surface area contributed by atoms with Crippen LogP contribution in [0.5, 0.6) is 0 Å². The summed E-state index contributed by atoms with van der Waals surface area (Å²) in [5.74, 6) is -0.246. The molecule has 0 spiro atoms. The number of hydrogen-bond acceptors (Lipinski definition) is 13. The van der Waals surface area contributed by atoms with E-state index >= 15 is 0 Å². The minimum Gasteiger partial charge on any atom is -0.394 e. The van der Waals surface area contributed by atoms with E-state index in [0.717, 1.165) is 44.9 Å². The quantitative estimate of drug-likeness (QED) is 0.0204. The highest BCUT2D eigenvalue weighted by Crippen LogP contribution is 2.30. The third kappa shape index (κ3) is 44.0. The van der Waals surface area contributed by atoms with Crippen LogP contribution < -0.4 is 5.32 Å². The van der Waals surface area contributed by atoms with Crippen molar-refractivity contribution < 1.29 is 64.6 Å². The van der Waals surface area contributed by atoms with E-state index in [1.165, 1.54) is 270 Å². The molecule has 0 aliphatic carbocycles. The highest BCUT2D eigenvalue weighted by Gasteiger charge is 2.51. The van der Waals surface area contributed by atoms with Crippen LogP contribution >= 0.6 is 0 Å². The molecule has 12 unspecified atom stereocenters. The summed E-state index contributed by atoms with van der Waals surface area (Å²) >= 11 is 0. The van der Waals surface area contributed by atoms with Gasteiger partial charge in [-0.2, -0.15) is 0 Å². The largest absolute Gasteiger partial charge is 0.394 e. The molecule has 0 aromatic rings. The van der Waals surface area contributed by atoms with Gasteiger partial charge in [-0.1, -0.05) is 333 Å². The van der Waals surface area contributed by atoms with Gasteiger partial charge in [-0.3, -0.25) is 4.79 Å². The lowest BCUT2D eigenvalue weighted by molar-refractivity contribution is -0.359. The van der Waals surface area contributed by atoms with Crippen molar-refractivity contribution in [1.82, 2.24) is 5.32 Å². The molecule has 530 valence electrons. The van der Waals surface area contributed by atoms with Crippen molar-refractivity contribution in [3.8, 4) is 0 Å². The van der Waals surface area contributed by atoms with Crippen molar-refractivity contribution >= 4 is 5.91 Å². The second-order valence-electron chi connectivity index (χ2n) is 27.1. The first-order valence-electron chi connectivity index (χ1n) is 38.2. The Morgan fingerprint density at radius 2 is 0.711 bits per heavy atom. The highest BCUT2D eigenvalue weighted by atomic mass is 16.7. The normalized spacial score (nSPS) is 23.0. The number of nitrogens with one attached hydrogen (secondary N) is 1. The van der Waals surface area contributed by atoms with Crippen LogP contribution in [-0.4, -0.2) is 140 Å². The van der Waals surface area contributed by atoms with Crippen LogP contribution in [0.1, 0.15) is 348 Å². The third-order valence-corrected chi connectivity index (χ3v) is 18.8. The van der Waals surface area contributed by atoms with Gasteiger partial charge in [-0.15, -0.1) is 0 Å². The van der Waals surface area contributed by atoms with Gasteiger partial charge in [-0.05, 0) is 44.9 Å². The molecule has 14 heteroatoms. The molecule has 2 aliphatic rings. The van der Waals surface area contributed by atoms with Crippen LogP contribution in [0.2, 0.25) is 0 Å². The number of carbonyl (C=O) groups is 1. The summed E-state index contributed by atoms with van der Waals surface area (Å²) in [6.45, 7) is 2.83. The Morgan fingerprint density at radius 3 is 1.09 bits per heavy atom. The van der Waals surface area contributed by atoms with E-state index in [0.29, 0.717) is 12.8 Å². The maximum Gasteiger partial charge on any atom is 0.220 e. The zero-order valence-electron chi connectivity index (χ0n) is 57.9. The summed E-state index contributed by atoms with van der Waals surface area (Å²) in [7, 11) is 0. The van der Waals surface area contributed by atoms with Gasteiger partial charge in [0.1, 0.15) is 48.8 Å². The van der Waals surface area contributed by atoms with Crippen LogP contribution in [-0.2, 0) is 23.7 Å². The number of ether oxygens (including phenoxy) is 4. The average molecular weight is 1280 g/mol. The van der Waals surface area contributed by atoms with Crippen LogP contribution in [0.15, 0.2) is 36.5 Å². The fourth-order valence-corrected chi connectivity index (χ4v) is 12.7. The number of aliphatic hydroxyl groups excluding tert-OH is 8. The van der Waals surface area contributed by atoms with Gasteiger partial charge in [0.25, 0.3) is 0 Å². The predicted molar refractivity (Wildman–Crippen MR) is 369 cm³/mol. The molecule has 0 radical (unpaired) electrons. The summed E-state index contributed by atoms with van der Waals surface area (Å²) in [5, 5.41) is 87.5. The fourth-order valence-electron chi connectivity index (χ4n) is 12.7. The minimum absolute atomic E-state index is 0.246. The van der Waals surface area contributed by atoms with Gasteiger partial charge < -0.3 is 65.1 Å². The van der Waals surface area contributed by atoms with Crippen molar-refractivity contribution in [1.29, 1.82) is 0 Å². The first kappa shape index (κ1) is 84.3. The smallest absolute Gasteiger partial charge is 0.220 e. The molecule has 2 heterocycles. The van der Waals surface area contributed by atoms with Gasteiger partial charge >= 0.3 is 0 Å². The molecule has 0 bridgehead atoms. The average Bonchev–Trinajstić information content (AvgIpc) is 1.29. The van der Waals surface area contributed by atoms with Crippen molar-refractivity contribution in [2.45, 2.75) is 421 Å². The number of unbranched alkanes of at least 4 members (excludes halogenated alkanes) is 47. The van der Waals surface area contributed by atoms with Crippen LogP contribution in [0.3, 0.4) is 0 Å². The molecule has 12 atom stereocenters. The van der Waals surface area contributed by atoms with Crippen molar-refractivity contribution in [2.75, 3.05) is 19.8 Å². The SMILES string of the molecule is CCCCCCCCCCCCCCC/C=C/CC/C=C/CC/C=C/C(O)C(COC1OC(CO)C(OC2OC(CO)C(O)C(O)C2O)C(O)C1O)NC(=O)CCCCCCCCCCCCCCCCCCCCCCCCCCCCCCCCCCC. The second kappa shape index (κ2) is 60.8. The Hall–Kier alpha value is -1.79. The monoisotopic (exact) mass is 1280 g/mol. The van der Waals surface area contributed by atoms with E-state index in [-0.39, 0.29) is 18.9 Å². The molecule has 2 fully saturated rings. The predicted octanol–water partition coefficient (Wildman–Crippen LogP) is 16.5. The number of rotatable bonds is 64. The Balaban J connectivity index is 1.64. The van der Waals surface area contributed by atoms with Gasteiger partial charge in [0, 0.05) is 6.42 Å². The Labute approximate surface area is 551 Å². The maximum atomic E-state index is 13.4. The first-order valence-corrected chi connectivity index (χ1v) is 38.2. The second-order valence-corrected chi connectivity index (χ2v) is 27.1. The van der Waals surface area contributed by atoms with E-state index in [9.17, 15) is 45.6 Å². The number of allylic oxidation sites excluding steroid dienone is 5. The minimum atomic E-state index is -1.79. The van der Waals surface area contributed by atoms with Crippen LogP contribution in [0.4, 0.5) is 0 Å². The lowest BCUT2D eigenvalue weighted by Gasteiger charge is -2.46. The molecule has 0 aromatic carbocycles. The van der Waals surface area contributed by atoms with E-state index in [2.05, 4.69) is 43.5 Å². The van der Waals surface area contributed by atoms with Gasteiger partial charge in [0.2, 0.25) is 5.91 Å². The third-order valence-electron chi connectivity index (χ3n) is 18.8. The van der Waals surface area contributed by atoms with E-state index in [1.807, 2.05) is 6.08 Å². The molecule has 2 saturated heterocycles. The molecular formula is C76H143NO13. The highest BCUT2D eigenvalue weighted by molar-refractivity contribution is 5.76. The Bertz CT molecular complexity index is 1650. The molecule has 1 amide bonds. The maximum absolute atomic E-state index is 13.4. The molecule has 2 rings (SSSR count). The number of amides is 1. The van der Waals surface area contributed by atoms with Gasteiger partial charge in [0.15, 0.2) is 12.6 Å². The number of aliphatic hydroxyl groups is 8. The summed E-state index contributed by atoms with van der Waals surface area (Å²) in [4.78, 5) is 13.4. The van der Waals surface area contributed by atoms with E-state index in [4.69, 9.17) is 18.9 Å². The molecule has 2 aliphatic heterocycles. The van der Waals surface area contributed by atoms with Crippen LogP contribution in [0.25, 0.3) is 0 Å². The van der Waals surface area contributed by atoms with E-state index in [1.54, 1.807) is 6.08 Å². The molecule has 14 nitrogen and oxygen atoms in total. The van der Waals surface area contributed by atoms with Crippen molar-refractivity contribution in [3.63, 3.8) is 0 Å². The zero-order chi connectivity index (χ0) is 65.2. The van der Waals surface area contributed by atoms with E-state index < -0.39 is 86.8 Å². The van der Waals surface area contributed by atoms with Gasteiger partial charge in [-0.25, -0.2) is 0 Å².